The maximum Gasteiger partial charge on any atom is 0.0994 e. The van der Waals surface area contributed by atoms with E-state index in [4.69, 9.17) is 0 Å². The third-order valence-corrected chi connectivity index (χ3v) is 8.12. The van der Waals surface area contributed by atoms with Crippen LogP contribution in [0, 0.1) is 5.92 Å². The highest BCUT2D eigenvalue weighted by atomic mass is 15.0. The maximum absolute atomic E-state index is 4.46. The van der Waals surface area contributed by atoms with Crippen molar-refractivity contribution in [2.45, 2.75) is 76.0 Å². The molecule has 0 bridgehead atoms. The van der Waals surface area contributed by atoms with Crippen LogP contribution in [0.15, 0.2) is 48.9 Å². The molecule has 1 unspecified atom stereocenters. The lowest BCUT2D eigenvalue weighted by molar-refractivity contribution is 0.286. The van der Waals surface area contributed by atoms with Crippen molar-refractivity contribution in [3.8, 4) is 0 Å². The van der Waals surface area contributed by atoms with E-state index in [9.17, 15) is 0 Å². The number of fused-ring (bicyclic) bond motifs is 2. The highest BCUT2D eigenvalue weighted by Crippen LogP contribution is 2.48. The lowest BCUT2D eigenvalue weighted by Crippen LogP contribution is -2.21. The summed E-state index contributed by atoms with van der Waals surface area (Å²) in [6, 6.07) is 11.7. The smallest absolute Gasteiger partial charge is 0.0994 e. The Morgan fingerprint density at radius 2 is 1.73 bits per heavy atom. The van der Waals surface area contributed by atoms with E-state index in [1.54, 1.807) is 27.9 Å². The Morgan fingerprint density at radius 1 is 0.933 bits per heavy atom. The van der Waals surface area contributed by atoms with Crippen molar-refractivity contribution in [3.63, 3.8) is 0 Å². The Hall–Kier alpha value is -2.35. The molecule has 2 nitrogen and oxygen atoms in total. The predicted molar refractivity (Wildman–Crippen MR) is 124 cm³/mol. The van der Waals surface area contributed by atoms with Crippen LogP contribution in [0.2, 0.25) is 0 Å². The third kappa shape index (κ3) is 3.12. The Morgan fingerprint density at radius 3 is 2.57 bits per heavy atom. The molecule has 0 saturated heterocycles. The first-order chi connectivity index (χ1) is 14.8. The second-order valence-corrected chi connectivity index (χ2v) is 9.90. The molecule has 2 fully saturated rings. The van der Waals surface area contributed by atoms with Crippen molar-refractivity contribution in [2.75, 3.05) is 0 Å². The van der Waals surface area contributed by atoms with Crippen molar-refractivity contribution < 1.29 is 0 Å². The van der Waals surface area contributed by atoms with Gasteiger partial charge in [-0.05, 0) is 103 Å². The van der Waals surface area contributed by atoms with Crippen molar-refractivity contribution >= 4 is 11.6 Å². The van der Waals surface area contributed by atoms with E-state index in [1.807, 2.05) is 12.5 Å². The lowest BCUT2D eigenvalue weighted by Gasteiger charge is -2.34. The Balaban J connectivity index is 1.25. The number of aryl methyl sites for hydroxylation is 1. The van der Waals surface area contributed by atoms with E-state index in [-0.39, 0.29) is 0 Å². The first-order valence-corrected chi connectivity index (χ1v) is 12.0. The minimum atomic E-state index is 0.601. The van der Waals surface area contributed by atoms with Crippen molar-refractivity contribution in [2.24, 2.45) is 5.92 Å². The van der Waals surface area contributed by atoms with Crippen LogP contribution in [0.25, 0.3) is 11.6 Å². The standard InChI is InChI=1S/C28H32N2/c1-19(28-27(23-13-14-23)16-15-24-17-29-18-30(24)28)20-9-11-22(12-10-20)26-8-4-6-21-5-2-3-7-25(21)26/h3-4,6-8,15-20,22-23H,2,5,9-14H2,1H3. The van der Waals surface area contributed by atoms with Crippen LogP contribution < -0.4 is 0 Å². The van der Waals surface area contributed by atoms with Crippen LogP contribution in [0.3, 0.4) is 0 Å². The molecule has 154 valence electrons. The topological polar surface area (TPSA) is 17.3 Å². The molecule has 2 aromatic heterocycles. The van der Waals surface area contributed by atoms with Gasteiger partial charge in [-0.25, -0.2) is 4.98 Å². The highest BCUT2D eigenvalue weighted by molar-refractivity contribution is 5.61. The van der Waals surface area contributed by atoms with Gasteiger partial charge in [0, 0.05) is 5.69 Å². The van der Waals surface area contributed by atoms with Gasteiger partial charge in [-0.3, -0.25) is 0 Å². The summed E-state index contributed by atoms with van der Waals surface area (Å²) < 4.78 is 2.39. The van der Waals surface area contributed by atoms with E-state index in [0.29, 0.717) is 5.92 Å². The monoisotopic (exact) mass is 396 g/mol. The summed E-state index contributed by atoms with van der Waals surface area (Å²) in [5.74, 6) is 2.90. The van der Waals surface area contributed by atoms with E-state index in [2.05, 4.69) is 58.8 Å². The second kappa shape index (κ2) is 7.41. The van der Waals surface area contributed by atoms with Gasteiger partial charge in [-0.15, -0.1) is 0 Å². The number of nitrogens with zero attached hydrogens (tertiary/aromatic N) is 2. The summed E-state index contributed by atoms with van der Waals surface area (Å²) in [5.41, 5.74) is 9.11. The van der Waals surface area contributed by atoms with Gasteiger partial charge in [0.15, 0.2) is 0 Å². The molecule has 6 rings (SSSR count). The van der Waals surface area contributed by atoms with Gasteiger partial charge in [0.05, 0.1) is 18.0 Å². The number of hydrogen-bond donors (Lipinski definition) is 0. The quantitative estimate of drug-likeness (QED) is 0.454. The first kappa shape index (κ1) is 18.4. The molecule has 1 atom stereocenters. The van der Waals surface area contributed by atoms with Crippen LogP contribution in [0.4, 0.5) is 0 Å². The van der Waals surface area contributed by atoms with Gasteiger partial charge in [0.2, 0.25) is 0 Å². The SMILES string of the molecule is CC(c1c(C2CC2)ccc2cncn12)C1CCC(c2cccc3c2C=CCC3)CC1. The first-order valence-electron chi connectivity index (χ1n) is 12.0. The van der Waals surface area contributed by atoms with Gasteiger partial charge in [-0.2, -0.15) is 0 Å². The molecule has 0 spiro atoms. The van der Waals surface area contributed by atoms with E-state index >= 15 is 0 Å². The average molecular weight is 397 g/mol. The van der Waals surface area contributed by atoms with Gasteiger partial charge in [0.1, 0.15) is 0 Å². The Kier molecular flexibility index (Phi) is 4.55. The van der Waals surface area contributed by atoms with E-state index in [1.165, 1.54) is 56.9 Å². The minimum absolute atomic E-state index is 0.601. The molecular weight excluding hydrogens is 364 g/mol. The summed E-state index contributed by atoms with van der Waals surface area (Å²) in [7, 11) is 0. The fourth-order valence-electron chi connectivity index (χ4n) is 6.25. The van der Waals surface area contributed by atoms with Gasteiger partial charge >= 0.3 is 0 Å². The summed E-state index contributed by atoms with van der Waals surface area (Å²) in [6.45, 7) is 2.48. The number of benzene rings is 1. The normalized spacial score (nSPS) is 24.7. The zero-order valence-electron chi connectivity index (χ0n) is 18.1. The largest absolute Gasteiger partial charge is 0.303 e. The molecule has 2 heteroatoms. The number of aromatic nitrogens is 2. The summed E-state index contributed by atoms with van der Waals surface area (Å²) >= 11 is 0. The number of allylic oxidation sites excluding steroid dienone is 1. The fraction of sp³-hybridized carbons (Fsp3) is 0.464. The van der Waals surface area contributed by atoms with Crippen LogP contribution >= 0.6 is 0 Å². The van der Waals surface area contributed by atoms with Gasteiger partial charge < -0.3 is 4.40 Å². The van der Waals surface area contributed by atoms with Crippen LogP contribution in [-0.2, 0) is 6.42 Å². The van der Waals surface area contributed by atoms with E-state index in [0.717, 1.165) is 17.8 Å². The van der Waals surface area contributed by atoms with E-state index < -0.39 is 0 Å². The van der Waals surface area contributed by atoms with Crippen LogP contribution in [-0.4, -0.2) is 9.38 Å². The molecule has 3 aromatic rings. The molecule has 0 aliphatic heterocycles. The molecule has 2 heterocycles. The molecule has 1 aromatic carbocycles. The second-order valence-electron chi connectivity index (χ2n) is 9.90. The van der Waals surface area contributed by atoms with Crippen molar-refractivity contribution in [1.82, 2.24) is 9.38 Å². The number of imidazole rings is 1. The summed E-state index contributed by atoms with van der Waals surface area (Å²) in [6.07, 6.45) is 19.3. The van der Waals surface area contributed by atoms with Crippen molar-refractivity contribution in [3.05, 3.63) is 76.9 Å². The number of hydrogen-bond acceptors (Lipinski definition) is 1. The Labute approximate surface area is 180 Å². The zero-order valence-corrected chi connectivity index (χ0v) is 18.1. The zero-order chi connectivity index (χ0) is 20.1. The summed E-state index contributed by atoms with van der Waals surface area (Å²) in [4.78, 5) is 4.46. The lowest BCUT2D eigenvalue weighted by atomic mass is 9.71. The molecule has 3 aliphatic carbocycles. The fourth-order valence-corrected chi connectivity index (χ4v) is 6.25. The van der Waals surface area contributed by atoms with Crippen LogP contribution in [0.5, 0.6) is 0 Å². The third-order valence-electron chi connectivity index (χ3n) is 8.12. The number of rotatable bonds is 4. The van der Waals surface area contributed by atoms with Crippen molar-refractivity contribution in [1.29, 1.82) is 0 Å². The van der Waals surface area contributed by atoms with Crippen LogP contribution in [0.1, 0.15) is 97.6 Å². The summed E-state index contributed by atoms with van der Waals surface area (Å²) in [5, 5.41) is 0. The molecule has 0 N–H and O–H groups in total. The molecule has 0 amide bonds. The average Bonchev–Trinajstić information content (AvgIpc) is 3.54. The predicted octanol–water partition coefficient (Wildman–Crippen LogP) is 7.25. The molecular formula is C28H32N2. The molecule has 3 aliphatic rings. The van der Waals surface area contributed by atoms with Gasteiger partial charge in [0.25, 0.3) is 0 Å². The molecule has 30 heavy (non-hydrogen) atoms. The minimum Gasteiger partial charge on any atom is -0.303 e. The highest BCUT2D eigenvalue weighted by Gasteiger charge is 2.33. The molecule has 0 radical (unpaired) electrons. The Bertz CT molecular complexity index is 1090. The van der Waals surface area contributed by atoms with Gasteiger partial charge in [-0.1, -0.05) is 43.3 Å². The molecule has 2 saturated carbocycles. The maximum atomic E-state index is 4.46. The number of pyridine rings is 1.